The summed E-state index contributed by atoms with van der Waals surface area (Å²) in [6.45, 7) is 2.47. The number of hydrogen-bond acceptors (Lipinski definition) is 3. The number of hydrogen-bond donors (Lipinski definition) is 0. The largest absolute Gasteiger partial charge is 0.419 e. The molecule has 4 rings (SSSR count). The van der Waals surface area contributed by atoms with E-state index >= 15 is 0 Å². The lowest BCUT2D eigenvalue weighted by molar-refractivity contribution is 0.313. The summed E-state index contributed by atoms with van der Waals surface area (Å²) in [6.07, 6.45) is 0.894. The molecule has 0 aliphatic rings. The maximum atomic E-state index is 12.0. The van der Waals surface area contributed by atoms with Gasteiger partial charge in [0.25, 0.3) is 0 Å². The van der Waals surface area contributed by atoms with Gasteiger partial charge in [-0.1, -0.05) is 54.6 Å². The van der Waals surface area contributed by atoms with Crippen molar-refractivity contribution < 1.29 is 4.42 Å². The molecule has 0 spiro atoms. The minimum absolute atomic E-state index is 0.275. The Morgan fingerprint density at radius 2 is 1.73 bits per heavy atom. The van der Waals surface area contributed by atoms with Crippen molar-refractivity contribution in [1.29, 1.82) is 0 Å². The Kier molecular flexibility index (Phi) is 4.59. The van der Waals surface area contributed by atoms with E-state index in [-0.39, 0.29) is 5.76 Å². The fraction of sp³-hybridized carbons (Fsp3) is 0.227. The van der Waals surface area contributed by atoms with Gasteiger partial charge in [-0.2, -0.15) is 0 Å². The lowest BCUT2D eigenvalue weighted by atomic mass is 10.0. The summed E-state index contributed by atoms with van der Waals surface area (Å²) in [7, 11) is 2.12. The van der Waals surface area contributed by atoms with E-state index < -0.39 is 0 Å². The molecule has 3 aromatic carbocycles. The van der Waals surface area contributed by atoms with E-state index in [0.717, 1.165) is 25.0 Å². The Morgan fingerprint density at radius 1 is 0.962 bits per heavy atom. The minimum atomic E-state index is -0.275. The topological polar surface area (TPSA) is 38.4 Å². The first kappa shape index (κ1) is 16.6. The second-order valence-electron chi connectivity index (χ2n) is 6.72. The van der Waals surface area contributed by atoms with Gasteiger partial charge in [-0.3, -0.25) is 4.57 Å². The number of fused-ring (bicyclic) bond motifs is 2. The molecule has 26 heavy (non-hydrogen) atoms. The smallest absolute Gasteiger partial charge is 0.408 e. The van der Waals surface area contributed by atoms with Crippen molar-refractivity contribution in [2.45, 2.75) is 19.5 Å². The average Bonchev–Trinajstić information content (AvgIpc) is 2.98. The zero-order chi connectivity index (χ0) is 17.9. The van der Waals surface area contributed by atoms with Crippen molar-refractivity contribution in [1.82, 2.24) is 9.47 Å². The molecule has 0 N–H and O–H groups in total. The first-order chi connectivity index (χ1) is 12.7. The normalized spacial score (nSPS) is 11.6. The molecule has 0 saturated heterocycles. The molecule has 4 aromatic rings. The molecule has 4 heteroatoms. The van der Waals surface area contributed by atoms with E-state index in [9.17, 15) is 4.79 Å². The Hall–Kier alpha value is -2.85. The lowest BCUT2D eigenvalue weighted by Gasteiger charge is -2.18. The predicted molar refractivity (Wildman–Crippen MR) is 105 cm³/mol. The Morgan fingerprint density at radius 3 is 2.65 bits per heavy atom. The highest BCUT2D eigenvalue weighted by Crippen LogP contribution is 2.19. The summed E-state index contributed by atoms with van der Waals surface area (Å²) >= 11 is 0. The number of rotatable bonds is 6. The highest BCUT2D eigenvalue weighted by Gasteiger charge is 2.09. The monoisotopic (exact) mass is 346 g/mol. The van der Waals surface area contributed by atoms with E-state index in [1.165, 1.54) is 16.3 Å². The first-order valence-electron chi connectivity index (χ1n) is 8.96. The first-order valence-corrected chi connectivity index (χ1v) is 8.96. The Labute approximate surface area is 152 Å². The van der Waals surface area contributed by atoms with Crippen LogP contribution in [0.25, 0.3) is 21.9 Å². The average molecular weight is 346 g/mol. The molecule has 0 aliphatic carbocycles. The van der Waals surface area contributed by atoms with Gasteiger partial charge in [-0.05, 0) is 48.5 Å². The Bertz CT molecular complexity index is 1090. The molecule has 0 aliphatic heterocycles. The van der Waals surface area contributed by atoms with Gasteiger partial charge in [0.05, 0.1) is 5.52 Å². The van der Waals surface area contributed by atoms with E-state index in [1.807, 2.05) is 24.3 Å². The van der Waals surface area contributed by atoms with Crippen molar-refractivity contribution in [2.24, 2.45) is 0 Å². The molecule has 0 radical (unpaired) electrons. The second kappa shape index (κ2) is 7.18. The van der Waals surface area contributed by atoms with Gasteiger partial charge in [-0.25, -0.2) is 4.79 Å². The van der Waals surface area contributed by atoms with Crippen LogP contribution in [-0.4, -0.2) is 23.1 Å². The highest BCUT2D eigenvalue weighted by atomic mass is 16.4. The summed E-state index contributed by atoms with van der Waals surface area (Å²) in [4.78, 5) is 14.3. The number of para-hydroxylation sites is 2. The summed E-state index contributed by atoms with van der Waals surface area (Å²) in [6, 6.07) is 22.5. The van der Waals surface area contributed by atoms with Gasteiger partial charge in [0, 0.05) is 13.1 Å². The van der Waals surface area contributed by atoms with Crippen LogP contribution in [0.2, 0.25) is 0 Å². The lowest BCUT2D eigenvalue weighted by Crippen LogP contribution is -2.22. The van der Waals surface area contributed by atoms with E-state index in [0.29, 0.717) is 12.1 Å². The number of benzene rings is 3. The number of nitrogens with zero attached hydrogens (tertiary/aromatic N) is 2. The van der Waals surface area contributed by atoms with Gasteiger partial charge in [0.1, 0.15) is 0 Å². The maximum Gasteiger partial charge on any atom is 0.419 e. The number of aromatic nitrogens is 1. The number of aryl methyl sites for hydroxylation is 1. The van der Waals surface area contributed by atoms with Crippen molar-refractivity contribution >= 4 is 21.9 Å². The quantitative estimate of drug-likeness (QED) is 0.523. The maximum absolute atomic E-state index is 12.0. The SMILES string of the molecule is CN(CCCn1c(=O)oc2ccccc21)Cc1cccc2ccccc12. The van der Waals surface area contributed by atoms with Crippen LogP contribution in [0, 0.1) is 0 Å². The number of oxazole rings is 1. The van der Waals surface area contributed by atoms with Crippen molar-refractivity contribution in [3.8, 4) is 0 Å². The van der Waals surface area contributed by atoms with Crippen molar-refractivity contribution in [2.75, 3.05) is 13.6 Å². The summed E-state index contributed by atoms with van der Waals surface area (Å²) in [5.74, 6) is -0.275. The van der Waals surface area contributed by atoms with Crippen LogP contribution in [-0.2, 0) is 13.1 Å². The van der Waals surface area contributed by atoms with Crippen LogP contribution in [0.1, 0.15) is 12.0 Å². The third-order valence-electron chi connectivity index (χ3n) is 4.82. The zero-order valence-electron chi connectivity index (χ0n) is 14.9. The third kappa shape index (κ3) is 3.28. The van der Waals surface area contributed by atoms with Gasteiger partial charge >= 0.3 is 5.76 Å². The molecule has 0 amide bonds. The van der Waals surface area contributed by atoms with Gasteiger partial charge in [0.2, 0.25) is 0 Å². The molecule has 1 aromatic heterocycles. The fourth-order valence-corrected chi connectivity index (χ4v) is 3.52. The van der Waals surface area contributed by atoms with Gasteiger partial charge in [0.15, 0.2) is 5.58 Å². The fourth-order valence-electron chi connectivity index (χ4n) is 3.52. The van der Waals surface area contributed by atoms with Crippen molar-refractivity contribution in [3.63, 3.8) is 0 Å². The van der Waals surface area contributed by atoms with Gasteiger partial charge < -0.3 is 9.32 Å². The van der Waals surface area contributed by atoms with E-state index in [4.69, 9.17) is 4.42 Å². The summed E-state index contributed by atoms with van der Waals surface area (Å²) < 4.78 is 7.02. The van der Waals surface area contributed by atoms with Gasteiger partial charge in [-0.15, -0.1) is 0 Å². The van der Waals surface area contributed by atoms with Crippen LogP contribution in [0.3, 0.4) is 0 Å². The van der Waals surface area contributed by atoms with Crippen LogP contribution in [0.15, 0.2) is 75.9 Å². The predicted octanol–water partition coefficient (Wildman–Crippen LogP) is 4.27. The van der Waals surface area contributed by atoms with Crippen LogP contribution in [0.4, 0.5) is 0 Å². The second-order valence-corrected chi connectivity index (χ2v) is 6.72. The summed E-state index contributed by atoms with van der Waals surface area (Å²) in [5.41, 5.74) is 2.85. The van der Waals surface area contributed by atoms with Crippen molar-refractivity contribution in [3.05, 3.63) is 82.8 Å². The third-order valence-corrected chi connectivity index (χ3v) is 4.82. The molecular weight excluding hydrogens is 324 g/mol. The van der Waals surface area contributed by atoms with Crippen LogP contribution >= 0.6 is 0 Å². The minimum Gasteiger partial charge on any atom is -0.408 e. The molecule has 4 nitrogen and oxygen atoms in total. The van der Waals surface area contributed by atoms with Crippen LogP contribution in [0.5, 0.6) is 0 Å². The molecule has 0 atom stereocenters. The van der Waals surface area contributed by atoms with E-state index in [2.05, 4.69) is 54.4 Å². The zero-order valence-corrected chi connectivity index (χ0v) is 14.9. The summed E-state index contributed by atoms with van der Waals surface area (Å²) in [5, 5.41) is 2.58. The molecular formula is C22H22N2O2. The molecule has 132 valence electrons. The standard InChI is InChI=1S/C22H22N2O2/c1-23(16-18-10-6-9-17-8-2-3-11-19(17)18)14-7-15-24-20-12-4-5-13-21(20)26-22(24)25/h2-6,8-13H,7,14-16H2,1H3. The van der Waals surface area contributed by atoms with Crippen LogP contribution < -0.4 is 5.76 Å². The van der Waals surface area contributed by atoms with E-state index in [1.54, 1.807) is 4.57 Å². The molecule has 1 heterocycles. The highest BCUT2D eigenvalue weighted by molar-refractivity contribution is 5.85. The molecule has 0 fully saturated rings. The Balaban J connectivity index is 1.42. The molecule has 0 unspecified atom stereocenters. The molecule has 0 saturated carbocycles. The molecule has 0 bridgehead atoms.